The summed E-state index contributed by atoms with van der Waals surface area (Å²) in [4.78, 5) is 0. The average molecular weight is 248 g/mol. The van der Waals surface area contributed by atoms with Crippen LogP contribution in [0.2, 0.25) is 19.6 Å². The van der Waals surface area contributed by atoms with Gasteiger partial charge >= 0.3 is 0 Å². The summed E-state index contributed by atoms with van der Waals surface area (Å²) < 4.78 is 1.24. The molecule has 94 valence electrons. The van der Waals surface area contributed by atoms with E-state index < -0.39 is 8.07 Å². The molecule has 1 aromatic rings. The van der Waals surface area contributed by atoms with Gasteiger partial charge in [-0.05, 0) is 12.5 Å². The van der Waals surface area contributed by atoms with Gasteiger partial charge in [-0.25, -0.2) is 0 Å². The zero-order valence-corrected chi connectivity index (χ0v) is 13.0. The molecule has 0 saturated heterocycles. The highest BCUT2D eigenvalue weighted by Crippen LogP contribution is 2.35. The summed E-state index contributed by atoms with van der Waals surface area (Å²) in [5, 5.41) is 0. The zero-order chi connectivity index (χ0) is 12.7. The van der Waals surface area contributed by atoms with Crippen LogP contribution in [0.25, 0.3) is 0 Å². The number of benzene rings is 1. The quantitative estimate of drug-likeness (QED) is 0.554. The Morgan fingerprint density at radius 2 is 1.88 bits per heavy atom. The fourth-order valence-corrected chi connectivity index (χ4v) is 5.97. The van der Waals surface area contributed by atoms with Crippen molar-refractivity contribution in [3.05, 3.63) is 35.4 Å². The molecule has 0 aromatic heterocycles. The van der Waals surface area contributed by atoms with Gasteiger partial charge in [-0.3, -0.25) is 0 Å². The van der Waals surface area contributed by atoms with Crippen LogP contribution >= 0.6 is 0 Å². The SMILES string of the molecule is CC1c2ccccc2CC[N+]1(C)C[Si](C)(C)C. The molecule has 2 atom stereocenters. The van der Waals surface area contributed by atoms with Gasteiger partial charge in [0.15, 0.2) is 0 Å². The maximum atomic E-state index is 2.49. The van der Waals surface area contributed by atoms with Crippen LogP contribution in [0, 0.1) is 0 Å². The molecule has 17 heavy (non-hydrogen) atoms. The summed E-state index contributed by atoms with van der Waals surface area (Å²) in [5.41, 5.74) is 3.16. The summed E-state index contributed by atoms with van der Waals surface area (Å²) in [5.74, 6) is 0. The molecular formula is C15H26NSi+. The lowest BCUT2D eigenvalue weighted by atomic mass is 9.92. The molecule has 1 aliphatic rings. The van der Waals surface area contributed by atoms with Gasteiger partial charge in [0.25, 0.3) is 0 Å². The van der Waals surface area contributed by atoms with Crippen molar-refractivity contribution in [3.63, 3.8) is 0 Å². The van der Waals surface area contributed by atoms with Crippen LogP contribution in [-0.4, -0.2) is 32.3 Å². The first-order chi connectivity index (χ1) is 7.82. The van der Waals surface area contributed by atoms with E-state index in [9.17, 15) is 0 Å². The number of nitrogens with zero attached hydrogens (tertiary/aromatic N) is 1. The minimum atomic E-state index is -1.01. The van der Waals surface area contributed by atoms with Crippen molar-refractivity contribution in [2.45, 2.75) is 39.0 Å². The molecule has 2 heteroatoms. The van der Waals surface area contributed by atoms with E-state index in [2.05, 4.69) is 57.9 Å². The fraction of sp³-hybridized carbons (Fsp3) is 0.600. The molecule has 0 fully saturated rings. The normalized spacial score (nSPS) is 28.9. The van der Waals surface area contributed by atoms with Gasteiger partial charge in [0.2, 0.25) is 0 Å². The van der Waals surface area contributed by atoms with E-state index in [0.717, 1.165) is 0 Å². The maximum Gasteiger partial charge on any atom is 0.112 e. The highest BCUT2D eigenvalue weighted by Gasteiger charge is 2.39. The highest BCUT2D eigenvalue weighted by atomic mass is 28.3. The van der Waals surface area contributed by atoms with Crippen LogP contribution in [0.5, 0.6) is 0 Å². The largest absolute Gasteiger partial charge is 0.323 e. The molecule has 0 spiro atoms. The van der Waals surface area contributed by atoms with E-state index in [1.165, 1.54) is 23.6 Å². The molecule has 0 radical (unpaired) electrons. The van der Waals surface area contributed by atoms with E-state index >= 15 is 0 Å². The van der Waals surface area contributed by atoms with Crippen molar-refractivity contribution in [3.8, 4) is 0 Å². The Bertz CT molecular complexity index is 408. The third kappa shape index (κ3) is 2.63. The smallest absolute Gasteiger partial charge is 0.112 e. The number of hydrogen-bond acceptors (Lipinski definition) is 0. The van der Waals surface area contributed by atoms with Gasteiger partial charge < -0.3 is 4.48 Å². The molecule has 2 rings (SSSR count). The first-order valence-electron chi connectivity index (χ1n) is 6.74. The summed E-state index contributed by atoms with van der Waals surface area (Å²) in [6, 6.07) is 9.68. The predicted octanol–water partition coefficient (Wildman–Crippen LogP) is 3.63. The van der Waals surface area contributed by atoms with Crippen molar-refractivity contribution in [2.75, 3.05) is 19.8 Å². The molecule has 0 amide bonds. The molecule has 0 aliphatic carbocycles. The highest BCUT2D eigenvalue weighted by molar-refractivity contribution is 6.76. The van der Waals surface area contributed by atoms with Gasteiger partial charge in [-0.1, -0.05) is 43.9 Å². The van der Waals surface area contributed by atoms with Crippen molar-refractivity contribution < 1.29 is 4.48 Å². The molecule has 1 aliphatic heterocycles. The van der Waals surface area contributed by atoms with Crippen LogP contribution in [-0.2, 0) is 6.42 Å². The lowest BCUT2D eigenvalue weighted by molar-refractivity contribution is -0.930. The Balaban J connectivity index is 2.30. The van der Waals surface area contributed by atoms with E-state index in [1.807, 2.05) is 0 Å². The second kappa shape index (κ2) is 4.25. The molecule has 1 aromatic carbocycles. The van der Waals surface area contributed by atoms with Gasteiger partial charge in [-0.15, -0.1) is 0 Å². The molecule has 2 unspecified atom stereocenters. The van der Waals surface area contributed by atoms with Crippen LogP contribution < -0.4 is 0 Å². The lowest BCUT2D eigenvalue weighted by Gasteiger charge is -2.47. The molecular weight excluding hydrogens is 222 g/mol. The van der Waals surface area contributed by atoms with Crippen LogP contribution in [0.15, 0.2) is 24.3 Å². The standard InChI is InChI=1S/C15H26NSi/c1-13-15-9-7-6-8-14(15)10-11-16(13,2)12-17(3,4)5/h6-9,13H,10-12H2,1-5H3/q+1. The van der Waals surface area contributed by atoms with Gasteiger partial charge in [0, 0.05) is 12.0 Å². The van der Waals surface area contributed by atoms with E-state index in [0.29, 0.717) is 6.04 Å². The Hall–Kier alpha value is -0.603. The Kier molecular flexibility index (Phi) is 3.21. The van der Waals surface area contributed by atoms with Crippen molar-refractivity contribution in [1.82, 2.24) is 0 Å². The number of fused-ring (bicyclic) bond motifs is 1. The summed E-state index contributed by atoms with van der Waals surface area (Å²) >= 11 is 0. The van der Waals surface area contributed by atoms with Crippen molar-refractivity contribution in [2.24, 2.45) is 0 Å². The third-order valence-corrected chi connectivity index (χ3v) is 5.84. The van der Waals surface area contributed by atoms with Crippen molar-refractivity contribution >= 4 is 8.07 Å². The number of rotatable bonds is 2. The van der Waals surface area contributed by atoms with E-state index in [-0.39, 0.29) is 0 Å². The first kappa shape index (κ1) is 12.8. The lowest BCUT2D eigenvalue weighted by Crippen LogP contribution is -2.57. The predicted molar refractivity (Wildman–Crippen MR) is 77.8 cm³/mol. The summed E-state index contributed by atoms with van der Waals surface area (Å²) in [7, 11) is 1.45. The van der Waals surface area contributed by atoms with Gasteiger partial charge in [-0.2, -0.15) is 0 Å². The van der Waals surface area contributed by atoms with Crippen LogP contribution in [0.3, 0.4) is 0 Å². The number of quaternary nitrogens is 1. The number of hydrogen-bond donors (Lipinski definition) is 0. The second-order valence-electron chi connectivity index (χ2n) is 7.05. The fourth-order valence-electron chi connectivity index (χ4n) is 3.37. The van der Waals surface area contributed by atoms with Crippen molar-refractivity contribution in [1.29, 1.82) is 0 Å². The average Bonchev–Trinajstić information content (AvgIpc) is 2.22. The van der Waals surface area contributed by atoms with Gasteiger partial charge in [0.05, 0.1) is 19.8 Å². The first-order valence-corrected chi connectivity index (χ1v) is 10.4. The number of likely N-dealkylation sites (N-methyl/N-ethyl adjacent to an activating group) is 1. The summed E-state index contributed by atoms with van der Waals surface area (Å²) in [6.45, 7) is 11.2. The minimum Gasteiger partial charge on any atom is -0.323 e. The summed E-state index contributed by atoms with van der Waals surface area (Å²) in [6.07, 6.45) is 2.64. The minimum absolute atomic E-state index is 0.659. The van der Waals surface area contributed by atoms with Crippen LogP contribution in [0.4, 0.5) is 0 Å². The Labute approximate surface area is 107 Å². The molecule has 0 N–H and O–H groups in total. The Morgan fingerprint density at radius 1 is 1.24 bits per heavy atom. The van der Waals surface area contributed by atoms with Crippen LogP contribution in [0.1, 0.15) is 24.1 Å². The van der Waals surface area contributed by atoms with Gasteiger partial charge in [0.1, 0.15) is 14.1 Å². The molecule has 1 heterocycles. The maximum absolute atomic E-state index is 2.49. The topological polar surface area (TPSA) is 0 Å². The second-order valence-corrected chi connectivity index (χ2v) is 12.5. The monoisotopic (exact) mass is 248 g/mol. The zero-order valence-electron chi connectivity index (χ0n) is 12.0. The van der Waals surface area contributed by atoms with E-state index in [1.54, 1.807) is 11.1 Å². The third-order valence-electron chi connectivity index (χ3n) is 4.17. The molecule has 1 nitrogen and oxygen atoms in total. The molecule has 0 bridgehead atoms. The Morgan fingerprint density at radius 3 is 2.53 bits per heavy atom. The van der Waals surface area contributed by atoms with E-state index in [4.69, 9.17) is 0 Å². The molecule has 0 saturated carbocycles.